The van der Waals surface area contributed by atoms with Gasteiger partial charge in [0.15, 0.2) is 0 Å². The molecule has 6 atom stereocenters. The number of piperidine rings is 1. The molecule has 0 saturated carbocycles. The van der Waals surface area contributed by atoms with Gasteiger partial charge in [0.25, 0.3) is 0 Å². The predicted octanol–water partition coefficient (Wildman–Crippen LogP) is -0.264. The van der Waals surface area contributed by atoms with Gasteiger partial charge in [-0.3, -0.25) is 0 Å². The molecule has 4 aliphatic rings. The number of likely N-dealkylation sites (N-methyl/N-ethyl adjacent to an activating group) is 1. The maximum atomic E-state index is 10.0. The first-order chi connectivity index (χ1) is 6.85. The van der Waals surface area contributed by atoms with E-state index < -0.39 is 13.1 Å². The zero-order valence-electron chi connectivity index (χ0n) is 10.1. The summed E-state index contributed by atoms with van der Waals surface area (Å²) in [5.41, 5.74) is 0. The number of hydrogen-bond acceptors (Lipinski definition) is 2. The van der Waals surface area contributed by atoms with Crippen molar-refractivity contribution in [3.8, 4) is 0 Å². The summed E-state index contributed by atoms with van der Waals surface area (Å²) in [5, 5.41) is 10.0. The summed E-state index contributed by atoms with van der Waals surface area (Å²) < 4.78 is 28.6. The molecule has 12 heavy (non-hydrogen) atoms. The fourth-order valence-electron chi connectivity index (χ4n) is 3.17. The van der Waals surface area contributed by atoms with Crippen molar-refractivity contribution in [2.75, 3.05) is 14.0 Å². The van der Waals surface area contributed by atoms with E-state index >= 15 is 0 Å². The van der Waals surface area contributed by atoms with Crippen molar-refractivity contribution < 1.29 is 18.4 Å². The first kappa shape index (κ1) is 4.94. The molecular formula is C9H16NO2+. The van der Waals surface area contributed by atoms with Crippen molar-refractivity contribution >= 4 is 0 Å². The number of aliphatic hydroxyl groups is 1. The molecule has 4 rings (SSSR count). The van der Waals surface area contributed by atoms with Gasteiger partial charge in [0, 0.05) is 12.8 Å². The normalized spacial score (nSPS) is 72.5. The minimum absolute atomic E-state index is 0.00463. The van der Waals surface area contributed by atoms with Crippen LogP contribution in [0.4, 0.5) is 0 Å². The van der Waals surface area contributed by atoms with E-state index in [1.54, 1.807) is 7.05 Å². The Morgan fingerprint density at radius 3 is 2.92 bits per heavy atom. The molecule has 0 aromatic heterocycles. The fourth-order valence-corrected chi connectivity index (χ4v) is 3.17. The van der Waals surface area contributed by atoms with E-state index in [2.05, 4.69) is 0 Å². The lowest BCUT2D eigenvalue weighted by molar-refractivity contribution is -0.930. The third kappa shape index (κ3) is 0.605. The van der Waals surface area contributed by atoms with Crippen molar-refractivity contribution in [1.29, 1.82) is 0 Å². The van der Waals surface area contributed by atoms with Crippen molar-refractivity contribution in [3.05, 3.63) is 0 Å². The summed E-state index contributed by atoms with van der Waals surface area (Å²) in [5.74, 6) is 0. The number of aliphatic hydroxyl groups excluding tert-OH is 1. The molecule has 4 bridgehead atoms. The highest BCUT2D eigenvalue weighted by Crippen LogP contribution is 2.48. The van der Waals surface area contributed by atoms with Crippen molar-refractivity contribution in [3.63, 3.8) is 0 Å². The number of rotatable bonds is 0. The molecule has 4 heterocycles. The van der Waals surface area contributed by atoms with Crippen LogP contribution < -0.4 is 0 Å². The number of ether oxygens (including phenoxy) is 1. The molecule has 4 saturated heterocycles. The van der Waals surface area contributed by atoms with Crippen molar-refractivity contribution in [1.82, 2.24) is 0 Å². The van der Waals surface area contributed by atoms with Gasteiger partial charge in [-0.2, -0.15) is 0 Å². The minimum Gasteiger partial charge on any atom is -0.384 e. The quantitative estimate of drug-likeness (QED) is 0.511. The second-order valence-electron chi connectivity index (χ2n) is 4.47. The maximum Gasteiger partial charge on any atom is 0.141 e. The lowest BCUT2D eigenvalue weighted by atomic mass is 9.98. The van der Waals surface area contributed by atoms with Gasteiger partial charge < -0.3 is 14.3 Å². The fraction of sp³-hybridized carbons (Fsp3) is 1.00. The number of nitrogens with zero attached hydrogens (tertiary/aromatic N) is 1. The standard InChI is InChI=1S/C9H16NO2/c1-10(2)6-3-5-4-7(10)9(12-5)8(6)11/h5-9,11H,3-4H2,1-2H3/q+1/t5-,6-,7+,8-,9-/m0/s1/i1D3/t5-,6-,7+,8-,9-,10?. The topological polar surface area (TPSA) is 29.5 Å². The van der Waals surface area contributed by atoms with Gasteiger partial charge in [0.1, 0.15) is 24.3 Å². The van der Waals surface area contributed by atoms with Gasteiger partial charge in [-0.05, 0) is 0 Å². The third-order valence-corrected chi connectivity index (χ3v) is 3.85. The Bertz CT molecular complexity index is 304. The first-order valence-corrected chi connectivity index (χ1v) is 4.55. The van der Waals surface area contributed by atoms with E-state index in [1.807, 2.05) is 0 Å². The van der Waals surface area contributed by atoms with Crippen LogP contribution in [0.15, 0.2) is 0 Å². The van der Waals surface area contributed by atoms with Crippen LogP contribution in [0, 0.1) is 0 Å². The van der Waals surface area contributed by atoms with Crippen LogP contribution in [-0.2, 0) is 4.74 Å². The first-order valence-electron chi connectivity index (χ1n) is 6.05. The number of quaternary nitrogens is 1. The zero-order chi connectivity index (χ0) is 11.0. The average molecular weight is 173 g/mol. The van der Waals surface area contributed by atoms with E-state index in [0.29, 0.717) is 6.42 Å². The zero-order valence-corrected chi connectivity index (χ0v) is 7.10. The maximum absolute atomic E-state index is 10.0. The van der Waals surface area contributed by atoms with E-state index in [9.17, 15) is 5.11 Å². The van der Waals surface area contributed by atoms with Gasteiger partial charge in [-0.1, -0.05) is 0 Å². The van der Waals surface area contributed by atoms with Crippen LogP contribution in [0.3, 0.4) is 0 Å². The molecule has 4 fully saturated rings. The average Bonchev–Trinajstić information content (AvgIpc) is 2.52. The molecule has 0 spiro atoms. The largest absolute Gasteiger partial charge is 0.384 e. The highest BCUT2D eigenvalue weighted by atomic mass is 16.5. The summed E-state index contributed by atoms with van der Waals surface area (Å²) in [6.07, 6.45) is 0.802. The molecule has 0 aliphatic carbocycles. The molecule has 0 aromatic carbocycles. The van der Waals surface area contributed by atoms with E-state index in [1.165, 1.54) is 0 Å². The summed E-state index contributed by atoms with van der Waals surface area (Å²) in [7, 11) is 1.75. The Labute approximate surface area is 76.7 Å². The van der Waals surface area contributed by atoms with Gasteiger partial charge >= 0.3 is 0 Å². The number of hydrogen-bond donors (Lipinski definition) is 1. The molecule has 0 aromatic rings. The van der Waals surface area contributed by atoms with E-state index in [0.717, 1.165) is 6.42 Å². The molecule has 3 nitrogen and oxygen atoms in total. The van der Waals surface area contributed by atoms with Crippen molar-refractivity contribution in [2.45, 2.75) is 43.2 Å². The monoisotopic (exact) mass is 173 g/mol. The molecule has 68 valence electrons. The van der Waals surface area contributed by atoms with Crippen molar-refractivity contribution in [2.24, 2.45) is 0 Å². The van der Waals surface area contributed by atoms with Crippen LogP contribution in [0.1, 0.15) is 17.0 Å². The van der Waals surface area contributed by atoms with Gasteiger partial charge in [-0.15, -0.1) is 0 Å². The summed E-state index contributed by atoms with van der Waals surface area (Å²) in [6.45, 7) is -2.05. The third-order valence-electron chi connectivity index (χ3n) is 3.85. The highest BCUT2D eigenvalue weighted by Gasteiger charge is 2.66. The summed E-state index contributed by atoms with van der Waals surface area (Å²) in [4.78, 5) is 0. The van der Waals surface area contributed by atoms with Crippen LogP contribution in [0.2, 0.25) is 0 Å². The lowest BCUT2D eigenvalue weighted by Gasteiger charge is -2.41. The second kappa shape index (κ2) is 1.86. The molecular weight excluding hydrogens is 154 g/mol. The summed E-state index contributed by atoms with van der Waals surface area (Å²) >= 11 is 0. The Balaban J connectivity index is 2.06. The Kier molecular flexibility index (Phi) is 0.766. The summed E-state index contributed by atoms with van der Waals surface area (Å²) in [6, 6.07) is -0.212. The molecule has 0 amide bonds. The molecule has 1 N–H and O–H groups in total. The van der Waals surface area contributed by atoms with Gasteiger partial charge in [0.2, 0.25) is 0 Å². The van der Waals surface area contributed by atoms with Crippen LogP contribution in [-0.4, -0.2) is 54.0 Å². The van der Waals surface area contributed by atoms with Crippen LogP contribution in [0.25, 0.3) is 0 Å². The van der Waals surface area contributed by atoms with Gasteiger partial charge in [0.05, 0.1) is 24.2 Å². The molecule has 1 unspecified atom stereocenters. The molecule has 4 aliphatic heterocycles. The van der Waals surface area contributed by atoms with Crippen LogP contribution >= 0.6 is 0 Å². The Hall–Kier alpha value is -0.120. The lowest BCUT2D eigenvalue weighted by Crippen LogP contribution is -2.56. The molecule has 0 radical (unpaired) electrons. The Morgan fingerprint density at radius 1 is 1.50 bits per heavy atom. The van der Waals surface area contributed by atoms with Gasteiger partial charge in [-0.25, -0.2) is 0 Å². The van der Waals surface area contributed by atoms with Crippen LogP contribution in [0.5, 0.6) is 0 Å². The Morgan fingerprint density at radius 2 is 2.25 bits per heavy atom. The molecule has 3 heteroatoms. The predicted molar refractivity (Wildman–Crippen MR) is 43.6 cm³/mol. The van der Waals surface area contributed by atoms with E-state index in [4.69, 9.17) is 8.85 Å². The highest BCUT2D eigenvalue weighted by molar-refractivity contribution is 5.04. The minimum atomic E-state index is -2.05. The SMILES string of the molecule is [2H]C([2H])([2H])[N+]1(C)[C@@H]2C[C@@H]3C[C@H]1[C@H](O)[C@H]2O3. The second-order valence-corrected chi connectivity index (χ2v) is 4.47. The van der Waals surface area contributed by atoms with E-state index in [-0.39, 0.29) is 28.8 Å². The smallest absolute Gasteiger partial charge is 0.141 e.